The number of nitrogens with one attached hydrogen (secondary N) is 1. The highest BCUT2D eigenvalue weighted by atomic mass is 16.5. The number of amides is 2. The van der Waals surface area contributed by atoms with Crippen LogP contribution in [0.25, 0.3) is 0 Å². The lowest BCUT2D eigenvalue weighted by Gasteiger charge is -2.29. The molecule has 0 bridgehead atoms. The fraction of sp³-hybridized carbons (Fsp3) is 0.562. The van der Waals surface area contributed by atoms with Gasteiger partial charge in [0.15, 0.2) is 11.5 Å². The van der Waals surface area contributed by atoms with E-state index in [-0.39, 0.29) is 6.03 Å². The average molecular weight is 308 g/mol. The molecule has 1 aromatic carbocycles. The van der Waals surface area contributed by atoms with Crippen molar-refractivity contribution in [2.75, 3.05) is 40.5 Å². The molecule has 0 aromatic heterocycles. The van der Waals surface area contributed by atoms with Crippen LogP contribution < -0.4 is 14.8 Å². The van der Waals surface area contributed by atoms with Crippen LogP contribution in [0.2, 0.25) is 0 Å². The van der Waals surface area contributed by atoms with E-state index in [2.05, 4.69) is 5.32 Å². The minimum absolute atomic E-state index is 0.0554. The Kier molecular flexibility index (Phi) is 5.89. The largest absolute Gasteiger partial charge is 0.493 e. The maximum atomic E-state index is 12.2. The second-order valence-electron chi connectivity index (χ2n) is 5.08. The third-order valence-corrected chi connectivity index (χ3v) is 3.73. The van der Waals surface area contributed by atoms with Crippen molar-refractivity contribution in [3.8, 4) is 11.5 Å². The van der Waals surface area contributed by atoms with Crippen LogP contribution in [0.15, 0.2) is 12.1 Å². The molecule has 0 spiro atoms. The summed E-state index contributed by atoms with van der Waals surface area (Å²) < 4.78 is 15.9. The molecule has 0 saturated heterocycles. The maximum absolute atomic E-state index is 12.2. The molecule has 1 N–H and O–H groups in total. The van der Waals surface area contributed by atoms with Gasteiger partial charge in [-0.3, -0.25) is 0 Å². The van der Waals surface area contributed by atoms with Crippen molar-refractivity contribution in [1.82, 2.24) is 10.2 Å². The van der Waals surface area contributed by atoms with Crippen molar-refractivity contribution < 1.29 is 19.0 Å². The monoisotopic (exact) mass is 308 g/mol. The summed E-state index contributed by atoms with van der Waals surface area (Å²) in [4.78, 5) is 14.0. The Morgan fingerprint density at radius 1 is 1.23 bits per heavy atom. The number of carbonyl (C=O) groups is 1. The summed E-state index contributed by atoms with van der Waals surface area (Å²) in [7, 11) is 3.25. The molecule has 122 valence electrons. The van der Waals surface area contributed by atoms with Gasteiger partial charge in [0.05, 0.1) is 20.8 Å². The summed E-state index contributed by atoms with van der Waals surface area (Å²) in [5, 5.41) is 2.88. The highest BCUT2D eigenvalue weighted by molar-refractivity contribution is 5.74. The van der Waals surface area contributed by atoms with Gasteiger partial charge in [0.1, 0.15) is 0 Å². The maximum Gasteiger partial charge on any atom is 0.317 e. The van der Waals surface area contributed by atoms with Crippen LogP contribution in [-0.2, 0) is 17.7 Å². The molecule has 0 atom stereocenters. The number of urea groups is 1. The molecule has 2 amide bonds. The van der Waals surface area contributed by atoms with Gasteiger partial charge in [0, 0.05) is 26.2 Å². The van der Waals surface area contributed by atoms with Crippen molar-refractivity contribution in [3.05, 3.63) is 23.3 Å². The molecule has 1 aromatic rings. The van der Waals surface area contributed by atoms with Crippen LogP contribution in [0.5, 0.6) is 11.5 Å². The number of nitrogens with zero attached hydrogens (tertiary/aromatic N) is 1. The molecule has 0 aliphatic carbocycles. The molecule has 22 heavy (non-hydrogen) atoms. The lowest BCUT2D eigenvalue weighted by molar-refractivity contribution is 0.144. The van der Waals surface area contributed by atoms with Crippen molar-refractivity contribution in [1.29, 1.82) is 0 Å². The van der Waals surface area contributed by atoms with E-state index in [1.807, 2.05) is 19.1 Å². The molecule has 1 aliphatic heterocycles. The molecule has 0 saturated carbocycles. The van der Waals surface area contributed by atoms with E-state index in [4.69, 9.17) is 14.2 Å². The second kappa shape index (κ2) is 7.89. The summed E-state index contributed by atoms with van der Waals surface area (Å²) in [6, 6.07) is 3.90. The summed E-state index contributed by atoms with van der Waals surface area (Å²) in [6.07, 6.45) is 0.814. The number of carbonyl (C=O) groups excluding carboxylic acids is 1. The van der Waals surface area contributed by atoms with Crippen LogP contribution in [0, 0.1) is 0 Å². The SMILES string of the molecule is CCOCCNC(=O)N1CCc2cc(OC)c(OC)cc2C1. The summed E-state index contributed by atoms with van der Waals surface area (Å²) >= 11 is 0. The van der Waals surface area contributed by atoms with Gasteiger partial charge in [0.25, 0.3) is 0 Å². The van der Waals surface area contributed by atoms with Gasteiger partial charge < -0.3 is 24.4 Å². The molecule has 2 rings (SSSR count). The third-order valence-electron chi connectivity index (χ3n) is 3.73. The molecule has 1 heterocycles. The molecule has 1 aliphatic rings. The van der Waals surface area contributed by atoms with Crippen LogP contribution in [-0.4, -0.2) is 51.5 Å². The van der Waals surface area contributed by atoms with Gasteiger partial charge in [-0.05, 0) is 36.6 Å². The van der Waals surface area contributed by atoms with Gasteiger partial charge >= 0.3 is 6.03 Å². The highest BCUT2D eigenvalue weighted by Gasteiger charge is 2.22. The molecule has 0 fully saturated rings. The fourth-order valence-corrected chi connectivity index (χ4v) is 2.54. The minimum atomic E-state index is -0.0554. The van der Waals surface area contributed by atoms with E-state index < -0.39 is 0 Å². The summed E-state index contributed by atoms with van der Waals surface area (Å²) in [5.74, 6) is 1.43. The van der Waals surface area contributed by atoms with Crippen LogP contribution in [0.4, 0.5) is 4.79 Å². The number of hydrogen-bond donors (Lipinski definition) is 1. The van der Waals surface area contributed by atoms with E-state index in [1.54, 1.807) is 19.1 Å². The number of benzene rings is 1. The molecule has 6 nitrogen and oxygen atoms in total. The van der Waals surface area contributed by atoms with Gasteiger partial charge in [-0.15, -0.1) is 0 Å². The lowest BCUT2D eigenvalue weighted by Crippen LogP contribution is -2.43. The zero-order valence-corrected chi connectivity index (χ0v) is 13.5. The number of hydrogen-bond acceptors (Lipinski definition) is 4. The first-order valence-corrected chi connectivity index (χ1v) is 7.53. The Morgan fingerprint density at radius 3 is 2.55 bits per heavy atom. The molecule has 0 unspecified atom stereocenters. The van der Waals surface area contributed by atoms with Gasteiger partial charge in [-0.1, -0.05) is 0 Å². The standard InChI is InChI=1S/C16H24N2O4/c1-4-22-8-6-17-16(19)18-7-5-12-9-14(20-2)15(21-3)10-13(12)11-18/h9-10H,4-8,11H2,1-3H3,(H,17,19). The predicted molar refractivity (Wildman–Crippen MR) is 83.6 cm³/mol. The van der Waals surface area contributed by atoms with Crippen LogP contribution in [0.1, 0.15) is 18.1 Å². The van der Waals surface area contributed by atoms with Gasteiger partial charge in [0.2, 0.25) is 0 Å². The molecule has 0 radical (unpaired) electrons. The van der Waals surface area contributed by atoms with Crippen molar-refractivity contribution in [3.63, 3.8) is 0 Å². The topological polar surface area (TPSA) is 60.0 Å². The van der Waals surface area contributed by atoms with Crippen LogP contribution >= 0.6 is 0 Å². The minimum Gasteiger partial charge on any atom is -0.493 e. The number of ether oxygens (including phenoxy) is 3. The third kappa shape index (κ3) is 3.82. The van der Waals surface area contributed by atoms with E-state index in [0.29, 0.717) is 38.6 Å². The van der Waals surface area contributed by atoms with E-state index in [9.17, 15) is 4.79 Å². The summed E-state index contributed by atoms with van der Waals surface area (Å²) in [6.45, 7) is 4.94. The zero-order valence-electron chi connectivity index (χ0n) is 13.5. The summed E-state index contributed by atoms with van der Waals surface area (Å²) in [5.41, 5.74) is 2.31. The van der Waals surface area contributed by atoms with E-state index in [1.165, 1.54) is 5.56 Å². The Hall–Kier alpha value is -1.95. The Bertz CT molecular complexity index is 519. The number of fused-ring (bicyclic) bond motifs is 1. The average Bonchev–Trinajstić information content (AvgIpc) is 2.56. The van der Waals surface area contributed by atoms with Crippen molar-refractivity contribution in [2.45, 2.75) is 19.9 Å². The van der Waals surface area contributed by atoms with E-state index in [0.717, 1.165) is 17.7 Å². The fourth-order valence-electron chi connectivity index (χ4n) is 2.54. The second-order valence-corrected chi connectivity index (χ2v) is 5.08. The first-order chi connectivity index (χ1) is 10.7. The molecular weight excluding hydrogens is 284 g/mol. The Labute approximate surface area is 131 Å². The quantitative estimate of drug-likeness (QED) is 0.814. The highest BCUT2D eigenvalue weighted by Crippen LogP contribution is 2.33. The zero-order chi connectivity index (χ0) is 15.9. The lowest BCUT2D eigenvalue weighted by atomic mass is 9.99. The van der Waals surface area contributed by atoms with Crippen molar-refractivity contribution in [2.24, 2.45) is 0 Å². The number of rotatable bonds is 6. The van der Waals surface area contributed by atoms with Crippen LogP contribution in [0.3, 0.4) is 0 Å². The van der Waals surface area contributed by atoms with Crippen molar-refractivity contribution >= 4 is 6.03 Å². The normalized spacial score (nSPS) is 13.5. The van der Waals surface area contributed by atoms with Gasteiger partial charge in [-0.2, -0.15) is 0 Å². The predicted octanol–water partition coefficient (Wildman–Crippen LogP) is 1.81. The molecule has 6 heteroatoms. The number of methoxy groups -OCH3 is 2. The smallest absolute Gasteiger partial charge is 0.317 e. The van der Waals surface area contributed by atoms with Gasteiger partial charge in [-0.25, -0.2) is 4.79 Å². The van der Waals surface area contributed by atoms with E-state index >= 15 is 0 Å². The first kappa shape index (κ1) is 16.4. The molecular formula is C16H24N2O4. The Balaban J connectivity index is 2.00. The first-order valence-electron chi connectivity index (χ1n) is 7.53. The Morgan fingerprint density at radius 2 is 1.91 bits per heavy atom.